The Kier molecular flexibility index (Phi) is 4.50. The molecule has 0 atom stereocenters. The molecule has 24 heavy (non-hydrogen) atoms. The molecule has 0 spiro atoms. The molecular formula is C17H19N3O4. The van der Waals surface area contributed by atoms with E-state index in [0.29, 0.717) is 48.9 Å². The van der Waals surface area contributed by atoms with Gasteiger partial charge in [0.1, 0.15) is 17.1 Å². The van der Waals surface area contributed by atoms with Gasteiger partial charge in [-0.25, -0.2) is 4.79 Å². The normalized spacial score (nSPS) is 14.6. The van der Waals surface area contributed by atoms with Gasteiger partial charge in [0, 0.05) is 26.2 Å². The van der Waals surface area contributed by atoms with E-state index >= 15 is 0 Å². The van der Waals surface area contributed by atoms with Gasteiger partial charge in [-0.3, -0.25) is 4.79 Å². The van der Waals surface area contributed by atoms with Gasteiger partial charge < -0.3 is 19.1 Å². The van der Waals surface area contributed by atoms with Crippen LogP contribution in [0.15, 0.2) is 34.9 Å². The SMILES string of the molecule is Cc1noc(C)c1C(=O)N1CCN(C(=O)Oc2ccccc2)CC1. The molecule has 2 heterocycles. The Morgan fingerprint density at radius 2 is 1.67 bits per heavy atom. The molecule has 3 rings (SSSR count). The maximum Gasteiger partial charge on any atom is 0.415 e. The standard InChI is InChI=1S/C17H19N3O4/c1-12-15(13(2)24-18-12)16(21)19-8-10-20(11-9-19)17(22)23-14-6-4-3-5-7-14/h3-7H,8-11H2,1-2H3. The molecule has 2 amide bonds. The molecule has 1 aromatic carbocycles. The smallest absolute Gasteiger partial charge is 0.410 e. The molecule has 0 saturated carbocycles. The third kappa shape index (κ3) is 3.24. The topological polar surface area (TPSA) is 75.9 Å². The van der Waals surface area contributed by atoms with E-state index < -0.39 is 6.09 Å². The Bertz CT molecular complexity index is 714. The number of rotatable bonds is 2. The monoisotopic (exact) mass is 329 g/mol. The predicted molar refractivity (Wildman–Crippen MR) is 85.9 cm³/mol. The Labute approximate surface area is 139 Å². The average Bonchev–Trinajstić information content (AvgIpc) is 2.94. The van der Waals surface area contributed by atoms with Crippen LogP contribution in [0.2, 0.25) is 0 Å². The largest absolute Gasteiger partial charge is 0.415 e. The van der Waals surface area contributed by atoms with Crippen molar-refractivity contribution in [3.05, 3.63) is 47.3 Å². The summed E-state index contributed by atoms with van der Waals surface area (Å²) in [7, 11) is 0. The summed E-state index contributed by atoms with van der Waals surface area (Å²) in [6.07, 6.45) is -0.398. The maximum atomic E-state index is 12.6. The molecule has 2 aromatic rings. The molecule has 0 unspecified atom stereocenters. The van der Waals surface area contributed by atoms with Crippen LogP contribution < -0.4 is 4.74 Å². The number of para-hydroxylation sites is 1. The number of piperazine rings is 1. The molecule has 0 aliphatic carbocycles. The molecule has 1 aliphatic rings. The molecule has 7 heteroatoms. The van der Waals surface area contributed by atoms with Gasteiger partial charge in [-0.15, -0.1) is 0 Å². The van der Waals surface area contributed by atoms with Crippen LogP contribution in [0.5, 0.6) is 5.75 Å². The number of nitrogens with zero attached hydrogens (tertiary/aromatic N) is 3. The second kappa shape index (κ2) is 6.74. The molecule has 1 saturated heterocycles. The molecular weight excluding hydrogens is 310 g/mol. The summed E-state index contributed by atoms with van der Waals surface area (Å²) in [6, 6.07) is 8.94. The number of hydrogen-bond acceptors (Lipinski definition) is 5. The van der Waals surface area contributed by atoms with Crippen LogP contribution >= 0.6 is 0 Å². The van der Waals surface area contributed by atoms with Gasteiger partial charge in [-0.1, -0.05) is 23.4 Å². The van der Waals surface area contributed by atoms with Crippen molar-refractivity contribution < 1.29 is 18.8 Å². The van der Waals surface area contributed by atoms with Crippen LogP contribution in [0, 0.1) is 13.8 Å². The highest BCUT2D eigenvalue weighted by atomic mass is 16.6. The molecule has 1 aromatic heterocycles. The number of aryl methyl sites for hydroxylation is 2. The lowest BCUT2D eigenvalue weighted by Crippen LogP contribution is -2.51. The second-order valence-corrected chi connectivity index (χ2v) is 5.66. The minimum absolute atomic E-state index is 0.109. The lowest BCUT2D eigenvalue weighted by Gasteiger charge is -2.34. The zero-order chi connectivity index (χ0) is 17.1. The first-order valence-electron chi connectivity index (χ1n) is 7.80. The van der Waals surface area contributed by atoms with Crippen molar-refractivity contribution in [2.75, 3.05) is 26.2 Å². The summed E-state index contributed by atoms with van der Waals surface area (Å²) in [4.78, 5) is 28.0. The Morgan fingerprint density at radius 1 is 1.04 bits per heavy atom. The van der Waals surface area contributed by atoms with Gasteiger partial charge in [-0.2, -0.15) is 0 Å². The van der Waals surface area contributed by atoms with E-state index in [2.05, 4.69) is 5.16 Å². The molecule has 0 radical (unpaired) electrons. The minimum Gasteiger partial charge on any atom is -0.410 e. The van der Waals surface area contributed by atoms with E-state index in [-0.39, 0.29) is 5.91 Å². The highest BCUT2D eigenvalue weighted by molar-refractivity contribution is 5.96. The first kappa shape index (κ1) is 16.0. The third-order valence-electron chi connectivity index (χ3n) is 4.02. The predicted octanol–water partition coefficient (Wildman–Crippen LogP) is 2.25. The van der Waals surface area contributed by atoms with Crippen molar-refractivity contribution in [1.29, 1.82) is 0 Å². The van der Waals surface area contributed by atoms with E-state index in [1.54, 1.807) is 35.8 Å². The molecule has 126 valence electrons. The van der Waals surface area contributed by atoms with Crippen LogP contribution in [-0.2, 0) is 0 Å². The Morgan fingerprint density at radius 3 is 2.25 bits per heavy atom. The number of amides is 2. The fourth-order valence-corrected chi connectivity index (χ4v) is 2.69. The van der Waals surface area contributed by atoms with E-state index in [1.807, 2.05) is 18.2 Å². The van der Waals surface area contributed by atoms with Crippen LogP contribution in [0.4, 0.5) is 4.79 Å². The average molecular weight is 329 g/mol. The fraction of sp³-hybridized carbons (Fsp3) is 0.353. The summed E-state index contributed by atoms with van der Waals surface area (Å²) < 4.78 is 10.4. The van der Waals surface area contributed by atoms with Crippen molar-refractivity contribution in [2.45, 2.75) is 13.8 Å². The zero-order valence-corrected chi connectivity index (χ0v) is 13.7. The summed E-state index contributed by atoms with van der Waals surface area (Å²) in [5, 5.41) is 3.82. The Hall–Kier alpha value is -2.83. The number of carbonyl (C=O) groups is 2. The molecule has 7 nitrogen and oxygen atoms in total. The summed E-state index contributed by atoms with van der Waals surface area (Å²) in [5.74, 6) is 0.919. The summed E-state index contributed by atoms with van der Waals surface area (Å²) in [6.45, 7) is 5.24. The Balaban J connectivity index is 1.58. The molecule has 1 aliphatic heterocycles. The van der Waals surface area contributed by atoms with Crippen molar-refractivity contribution >= 4 is 12.0 Å². The quantitative estimate of drug-likeness (QED) is 0.844. The van der Waals surface area contributed by atoms with Crippen LogP contribution in [0.3, 0.4) is 0 Å². The maximum absolute atomic E-state index is 12.6. The van der Waals surface area contributed by atoms with Crippen LogP contribution in [-0.4, -0.2) is 53.1 Å². The van der Waals surface area contributed by atoms with Crippen LogP contribution in [0.1, 0.15) is 21.8 Å². The lowest BCUT2D eigenvalue weighted by molar-refractivity contribution is 0.0631. The number of benzene rings is 1. The van der Waals surface area contributed by atoms with Crippen molar-refractivity contribution in [3.8, 4) is 5.75 Å². The molecule has 0 bridgehead atoms. The van der Waals surface area contributed by atoms with Gasteiger partial charge in [0.2, 0.25) is 0 Å². The van der Waals surface area contributed by atoms with Crippen molar-refractivity contribution in [2.24, 2.45) is 0 Å². The van der Waals surface area contributed by atoms with E-state index in [9.17, 15) is 9.59 Å². The highest BCUT2D eigenvalue weighted by Crippen LogP contribution is 2.17. The third-order valence-corrected chi connectivity index (χ3v) is 4.02. The van der Waals surface area contributed by atoms with E-state index in [0.717, 1.165) is 0 Å². The van der Waals surface area contributed by atoms with Crippen LogP contribution in [0.25, 0.3) is 0 Å². The number of aromatic nitrogens is 1. The van der Waals surface area contributed by atoms with Gasteiger partial charge in [0.25, 0.3) is 5.91 Å². The zero-order valence-electron chi connectivity index (χ0n) is 13.7. The number of hydrogen-bond donors (Lipinski definition) is 0. The summed E-state index contributed by atoms with van der Waals surface area (Å²) in [5.41, 5.74) is 1.10. The van der Waals surface area contributed by atoms with Gasteiger partial charge >= 0.3 is 6.09 Å². The van der Waals surface area contributed by atoms with Gasteiger partial charge in [0.15, 0.2) is 0 Å². The lowest BCUT2D eigenvalue weighted by atomic mass is 10.1. The van der Waals surface area contributed by atoms with Gasteiger partial charge in [-0.05, 0) is 26.0 Å². The molecule has 1 fully saturated rings. The van der Waals surface area contributed by atoms with Crippen molar-refractivity contribution in [3.63, 3.8) is 0 Å². The summed E-state index contributed by atoms with van der Waals surface area (Å²) >= 11 is 0. The van der Waals surface area contributed by atoms with E-state index in [1.165, 1.54) is 0 Å². The first-order valence-corrected chi connectivity index (χ1v) is 7.80. The van der Waals surface area contributed by atoms with Crippen molar-refractivity contribution in [1.82, 2.24) is 15.0 Å². The number of ether oxygens (including phenoxy) is 1. The first-order chi connectivity index (χ1) is 11.6. The second-order valence-electron chi connectivity index (χ2n) is 5.66. The fourth-order valence-electron chi connectivity index (χ4n) is 2.69. The van der Waals surface area contributed by atoms with Gasteiger partial charge in [0.05, 0.1) is 5.69 Å². The highest BCUT2D eigenvalue weighted by Gasteiger charge is 2.28. The molecule has 0 N–H and O–H groups in total. The van der Waals surface area contributed by atoms with E-state index in [4.69, 9.17) is 9.26 Å². The minimum atomic E-state index is -0.398. The number of carbonyl (C=O) groups excluding carboxylic acids is 2.